The van der Waals surface area contributed by atoms with Crippen molar-refractivity contribution >= 4 is 28.1 Å². The summed E-state index contributed by atoms with van der Waals surface area (Å²) in [6.45, 7) is 6.22. The molecular weight excluding hydrogens is 314 g/mol. The lowest BCUT2D eigenvalue weighted by atomic mass is 10.2. The van der Waals surface area contributed by atoms with Gasteiger partial charge in [-0.3, -0.25) is 4.79 Å². The monoisotopic (exact) mass is 331 g/mol. The van der Waals surface area contributed by atoms with Crippen LogP contribution in [0.15, 0.2) is 34.0 Å². The Morgan fingerprint density at radius 2 is 2.09 bits per heavy atom. The van der Waals surface area contributed by atoms with Crippen LogP contribution < -0.4 is 5.56 Å². The molecule has 114 valence electrons. The average Bonchev–Trinajstić information content (AvgIpc) is 2.92. The zero-order valence-electron chi connectivity index (χ0n) is 12.8. The molecule has 0 amide bonds. The number of hydrogen-bond acceptors (Lipinski definition) is 5. The molecule has 0 unspecified atom stereocenters. The van der Waals surface area contributed by atoms with E-state index in [1.807, 2.05) is 6.92 Å². The smallest absolute Gasteiger partial charge is 0.267 e. The lowest BCUT2D eigenvalue weighted by Crippen LogP contribution is -2.15. The van der Waals surface area contributed by atoms with Gasteiger partial charge in [0, 0.05) is 16.7 Å². The van der Waals surface area contributed by atoms with Gasteiger partial charge in [0.1, 0.15) is 5.01 Å². The molecule has 1 aromatic carbocycles. The molecule has 0 spiro atoms. The number of nitrogens with zero attached hydrogens (tertiary/aromatic N) is 3. The molecule has 3 rings (SSSR count). The van der Waals surface area contributed by atoms with E-state index in [1.54, 1.807) is 17.8 Å². The minimum atomic E-state index is -0.0995. The first kappa shape index (κ1) is 15.2. The molecule has 3 aromatic rings. The second kappa shape index (κ2) is 6.22. The Bertz CT molecular complexity index is 883. The van der Waals surface area contributed by atoms with Crippen LogP contribution in [0, 0.1) is 13.8 Å². The van der Waals surface area contributed by atoms with E-state index < -0.39 is 0 Å². The number of fused-ring (bicyclic) bond motifs is 1. The average molecular weight is 331 g/mol. The van der Waals surface area contributed by atoms with Crippen LogP contribution in [0.3, 0.4) is 0 Å². The highest BCUT2D eigenvalue weighted by molar-refractivity contribution is 7.98. The van der Waals surface area contributed by atoms with E-state index in [9.17, 15) is 4.79 Å². The van der Waals surface area contributed by atoms with Gasteiger partial charge in [0.2, 0.25) is 4.96 Å². The lowest BCUT2D eigenvalue weighted by Gasteiger charge is -2.06. The highest BCUT2D eigenvalue weighted by atomic mass is 32.2. The van der Waals surface area contributed by atoms with Crippen molar-refractivity contribution in [1.29, 1.82) is 0 Å². The number of aryl methyl sites for hydroxylation is 3. The maximum atomic E-state index is 12.1. The van der Waals surface area contributed by atoms with Gasteiger partial charge in [0.05, 0.1) is 5.69 Å². The van der Waals surface area contributed by atoms with Gasteiger partial charge in [0.25, 0.3) is 5.56 Å². The van der Waals surface area contributed by atoms with Crippen molar-refractivity contribution in [2.45, 2.75) is 37.8 Å². The number of hydrogen-bond donors (Lipinski definition) is 0. The van der Waals surface area contributed by atoms with Crippen LogP contribution in [0.4, 0.5) is 0 Å². The maximum absolute atomic E-state index is 12.1. The van der Waals surface area contributed by atoms with Crippen LogP contribution in [0.5, 0.6) is 0 Å². The van der Waals surface area contributed by atoms with E-state index in [4.69, 9.17) is 0 Å². The predicted molar refractivity (Wildman–Crippen MR) is 92.0 cm³/mol. The summed E-state index contributed by atoms with van der Waals surface area (Å²) in [6.07, 6.45) is 0.819. The molecule has 0 N–H and O–H groups in total. The highest BCUT2D eigenvalue weighted by Crippen LogP contribution is 2.26. The van der Waals surface area contributed by atoms with Gasteiger partial charge in [-0.05, 0) is 31.9 Å². The molecule has 2 heterocycles. The fourth-order valence-electron chi connectivity index (χ4n) is 2.13. The van der Waals surface area contributed by atoms with Crippen LogP contribution in [-0.2, 0) is 12.2 Å². The second-order valence-electron chi connectivity index (χ2n) is 5.19. The van der Waals surface area contributed by atoms with Gasteiger partial charge < -0.3 is 0 Å². The zero-order valence-corrected chi connectivity index (χ0v) is 14.4. The normalized spacial score (nSPS) is 11.2. The van der Waals surface area contributed by atoms with Gasteiger partial charge in [-0.2, -0.15) is 9.61 Å². The van der Waals surface area contributed by atoms with Crippen molar-refractivity contribution in [1.82, 2.24) is 14.6 Å². The first-order valence-electron chi connectivity index (χ1n) is 7.15. The highest BCUT2D eigenvalue weighted by Gasteiger charge is 2.09. The third-order valence-electron chi connectivity index (χ3n) is 3.36. The van der Waals surface area contributed by atoms with Crippen molar-refractivity contribution in [3.63, 3.8) is 0 Å². The fourth-order valence-corrected chi connectivity index (χ4v) is 4.00. The Kier molecular flexibility index (Phi) is 4.31. The molecule has 2 aromatic heterocycles. The van der Waals surface area contributed by atoms with Crippen molar-refractivity contribution < 1.29 is 0 Å². The van der Waals surface area contributed by atoms with Gasteiger partial charge >= 0.3 is 0 Å². The molecule has 4 nitrogen and oxygen atoms in total. The molecular formula is C16H17N3OS2. The fraction of sp³-hybridized carbons (Fsp3) is 0.312. The van der Waals surface area contributed by atoms with Crippen LogP contribution in [0.2, 0.25) is 0 Å². The first-order chi connectivity index (χ1) is 10.6. The minimum absolute atomic E-state index is 0.0995. The third-order valence-corrected chi connectivity index (χ3v) is 5.61. The third kappa shape index (κ3) is 3.08. The summed E-state index contributed by atoms with van der Waals surface area (Å²) in [5.41, 5.74) is 3.20. The van der Waals surface area contributed by atoms with Crippen LogP contribution in [0.25, 0.3) is 4.96 Å². The molecule has 0 aliphatic heterocycles. The quantitative estimate of drug-likeness (QED) is 0.685. The Morgan fingerprint density at radius 3 is 2.86 bits per heavy atom. The minimum Gasteiger partial charge on any atom is -0.267 e. The topological polar surface area (TPSA) is 47.3 Å². The summed E-state index contributed by atoms with van der Waals surface area (Å²) in [7, 11) is 0. The van der Waals surface area contributed by atoms with Crippen LogP contribution >= 0.6 is 23.1 Å². The van der Waals surface area contributed by atoms with Gasteiger partial charge in [-0.15, -0.1) is 11.8 Å². The lowest BCUT2D eigenvalue weighted by molar-refractivity contribution is 0.852. The standard InChI is InChI=1S/C16H17N3OS2/c1-4-14-18-19-15(20)8-12(17-16(19)22-14)9-21-13-7-10(2)5-6-11(13)3/h5-8H,4,9H2,1-3H3. The molecule has 22 heavy (non-hydrogen) atoms. The van der Waals surface area contributed by atoms with Gasteiger partial charge in [0.15, 0.2) is 0 Å². The van der Waals surface area contributed by atoms with Crippen molar-refractivity contribution in [3.8, 4) is 0 Å². The molecule has 0 bridgehead atoms. The van der Waals surface area contributed by atoms with E-state index in [0.29, 0.717) is 10.7 Å². The molecule has 0 fully saturated rings. The summed E-state index contributed by atoms with van der Waals surface area (Å²) >= 11 is 3.20. The Morgan fingerprint density at radius 1 is 1.27 bits per heavy atom. The molecule has 0 atom stereocenters. The van der Waals surface area contributed by atoms with E-state index >= 15 is 0 Å². The Balaban J connectivity index is 1.87. The van der Waals surface area contributed by atoms with E-state index in [1.165, 1.54) is 31.9 Å². The zero-order chi connectivity index (χ0) is 15.7. The van der Waals surface area contributed by atoms with Crippen molar-refractivity contribution in [2.75, 3.05) is 0 Å². The van der Waals surface area contributed by atoms with E-state index in [0.717, 1.165) is 17.1 Å². The molecule has 0 saturated heterocycles. The maximum Gasteiger partial charge on any atom is 0.275 e. The molecule has 0 saturated carbocycles. The largest absolute Gasteiger partial charge is 0.275 e. The Labute approximate surface area is 137 Å². The summed E-state index contributed by atoms with van der Waals surface area (Å²) in [5, 5.41) is 5.20. The number of benzene rings is 1. The second-order valence-corrected chi connectivity index (χ2v) is 7.24. The van der Waals surface area contributed by atoms with Gasteiger partial charge in [-0.1, -0.05) is 36.0 Å². The molecule has 0 aliphatic carbocycles. The summed E-state index contributed by atoms with van der Waals surface area (Å²) in [5.74, 6) is 0.690. The molecule has 0 aliphatic rings. The van der Waals surface area contributed by atoms with Crippen LogP contribution in [0.1, 0.15) is 28.8 Å². The van der Waals surface area contributed by atoms with Crippen molar-refractivity contribution in [2.24, 2.45) is 0 Å². The summed E-state index contributed by atoms with van der Waals surface area (Å²) in [4.78, 5) is 18.6. The number of rotatable bonds is 4. The first-order valence-corrected chi connectivity index (χ1v) is 8.95. The summed E-state index contributed by atoms with van der Waals surface area (Å²) in [6, 6.07) is 8.00. The predicted octanol–water partition coefficient (Wildman–Crippen LogP) is 3.62. The van der Waals surface area contributed by atoms with Gasteiger partial charge in [-0.25, -0.2) is 4.98 Å². The SMILES string of the molecule is CCc1nn2c(=O)cc(CSc3cc(C)ccc3C)nc2s1. The van der Waals surface area contributed by atoms with Crippen LogP contribution in [-0.4, -0.2) is 14.6 Å². The Hall–Kier alpha value is -1.66. The van der Waals surface area contributed by atoms with Crippen molar-refractivity contribution in [3.05, 3.63) is 56.4 Å². The molecule has 0 radical (unpaired) electrons. The summed E-state index contributed by atoms with van der Waals surface area (Å²) < 4.78 is 1.40. The van der Waals surface area contributed by atoms with E-state index in [-0.39, 0.29) is 5.56 Å². The number of aromatic nitrogens is 3. The number of thioether (sulfide) groups is 1. The van der Waals surface area contributed by atoms with E-state index in [2.05, 4.69) is 42.1 Å². The molecule has 6 heteroatoms.